The zero-order valence-electron chi connectivity index (χ0n) is 11.8. The van der Waals surface area contributed by atoms with Crippen molar-refractivity contribution in [2.75, 3.05) is 13.4 Å². The Kier molecular flexibility index (Phi) is 4.38. The average molecular weight is 306 g/mol. The second kappa shape index (κ2) is 6.43. The summed E-state index contributed by atoms with van der Waals surface area (Å²) in [7, 11) is 0. The van der Waals surface area contributed by atoms with Gasteiger partial charge in [-0.3, -0.25) is 0 Å². The second-order valence-electron chi connectivity index (χ2n) is 5.01. The van der Waals surface area contributed by atoms with Gasteiger partial charge in [-0.05, 0) is 31.5 Å². The first-order chi connectivity index (χ1) is 10.3. The molecule has 21 heavy (non-hydrogen) atoms. The van der Waals surface area contributed by atoms with Crippen molar-refractivity contribution in [1.82, 2.24) is 10.3 Å². The lowest BCUT2D eigenvalue weighted by Gasteiger charge is -2.10. The van der Waals surface area contributed by atoms with E-state index in [1.54, 1.807) is 11.3 Å². The smallest absolute Gasteiger partial charge is 0.231 e. The molecule has 1 aromatic heterocycles. The van der Waals surface area contributed by atoms with Crippen LogP contribution in [0.5, 0.6) is 11.5 Å². The highest BCUT2D eigenvalue weighted by Crippen LogP contribution is 2.36. The maximum Gasteiger partial charge on any atom is 0.231 e. The summed E-state index contributed by atoms with van der Waals surface area (Å²) in [5.41, 5.74) is 2.05. The molecule has 3 rings (SSSR count). The topological polar surface area (TPSA) is 63.6 Å². The third-order valence-corrected chi connectivity index (χ3v) is 4.31. The van der Waals surface area contributed by atoms with Gasteiger partial charge in [-0.2, -0.15) is 0 Å². The van der Waals surface area contributed by atoms with Gasteiger partial charge in [0.15, 0.2) is 11.5 Å². The average Bonchev–Trinajstić information content (AvgIpc) is 3.13. The molecule has 112 valence electrons. The predicted molar refractivity (Wildman–Crippen MR) is 81.7 cm³/mol. The Balaban J connectivity index is 1.67. The van der Waals surface area contributed by atoms with Gasteiger partial charge in [-0.15, -0.1) is 11.3 Å². The predicted octanol–water partition coefficient (Wildman–Crippen LogP) is 2.40. The molecule has 1 aromatic carbocycles. The molecule has 0 spiro atoms. The van der Waals surface area contributed by atoms with E-state index in [-0.39, 0.29) is 19.4 Å². The molecular weight excluding hydrogens is 288 g/mol. The van der Waals surface area contributed by atoms with Crippen LogP contribution in [-0.4, -0.2) is 29.5 Å². The number of aliphatic hydroxyl groups is 1. The summed E-state index contributed by atoms with van der Waals surface area (Å²) in [5.74, 6) is 1.56. The van der Waals surface area contributed by atoms with Gasteiger partial charge in [0.1, 0.15) is 5.01 Å². The quantitative estimate of drug-likeness (QED) is 0.858. The van der Waals surface area contributed by atoms with E-state index < -0.39 is 0 Å². The number of nitrogens with zero attached hydrogens (tertiary/aromatic N) is 1. The molecule has 0 aliphatic carbocycles. The standard InChI is InChI=1S/C15H18N2O3S/c1-10(4-5-18)16-7-12-8-21-15(17-12)11-2-3-13-14(6-11)20-9-19-13/h2-3,6,8,10,16,18H,4-5,7,9H2,1H3/t10-/m1/s1. The molecule has 0 unspecified atom stereocenters. The highest BCUT2D eigenvalue weighted by Gasteiger charge is 2.15. The van der Waals surface area contributed by atoms with E-state index in [0.717, 1.165) is 34.2 Å². The largest absolute Gasteiger partial charge is 0.454 e. The zero-order valence-corrected chi connectivity index (χ0v) is 12.7. The molecule has 0 fully saturated rings. The maximum atomic E-state index is 8.89. The van der Waals surface area contributed by atoms with E-state index in [1.165, 1.54) is 0 Å². The summed E-state index contributed by atoms with van der Waals surface area (Å²) < 4.78 is 10.7. The van der Waals surface area contributed by atoms with Gasteiger partial charge in [0.25, 0.3) is 0 Å². The second-order valence-corrected chi connectivity index (χ2v) is 5.86. The highest BCUT2D eigenvalue weighted by atomic mass is 32.1. The molecule has 1 aliphatic rings. The van der Waals surface area contributed by atoms with Gasteiger partial charge in [-0.1, -0.05) is 0 Å². The van der Waals surface area contributed by atoms with E-state index in [0.29, 0.717) is 6.54 Å². The van der Waals surface area contributed by atoms with Crippen molar-refractivity contribution < 1.29 is 14.6 Å². The Morgan fingerprint density at radius 2 is 2.24 bits per heavy atom. The fraction of sp³-hybridized carbons (Fsp3) is 0.400. The number of thiazole rings is 1. The molecule has 1 atom stereocenters. The lowest BCUT2D eigenvalue weighted by Crippen LogP contribution is -2.26. The van der Waals surface area contributed by atoms with Crippen LogP contribution in [0.4, 0.5) is 0 Å². The number of aliphatic hydroxyl groups excluding tert-OH is 1. The Labute approximate surface area is 127 Å². The van der Waals surface area contributed by atoms with Crippen LogP contribution >= 0.6 is 11.3 Å². The molecule has 1 aliphatic heterocycles. The fourth-order valence-corrected chi connectivity index (χ4v) is 2.94. The van der Waals surface area contributed by atoms with Crippen LogP contribution in [0.15, 0.2) is 23.6 Å². The van der Waals surface area contributed by atoms with Crippen LogP contribution in [0.25, 0.3) is 10.6 Å². The summed E-state index contributed by atoms with van der Waals surface area (Å²) in [6.45, 7) is 3.26. The normalized spacial score (nSPS) is 14.4. The molecule has 2 N–H and O–H groups in total. The lowest BCUT2D eigenvalue weighted by atomic mass is 10.2. The minimum Gasteiger partial charge on any atom is -0.454 e. The van der Waals surface area contributed by atoms with Crippen LogP contribution in [0.2, 0.25) is 0 Å². The molecular formula is C15H18N2O3S. The van der Waals surface area contributed by atoms with Gasteiger partial charge < -0.3 is 19.9 Å². The Bertz CT molecular complexity index is 615. The van der Waals surface area contributed by atoms with E-state index in [2.05, 4.69) is 22.6 Å². The summed E-state index contributed by atoms with van der Waals surface area (Å²) in [4.78, 5) is 4.64. The van der Waals surface area contributed by atoms with Crippen molar-refractivity contribution >= 4 is 11.3 Å². The SMILES string of the molecule is C[C@H](CCO)NCc1csc(-c2ccc3c(c2)OCO3)n1. The van der Waals surface area contributed by atoms with Crippen LogP contribution in [0.3, 0.4) is 0 Å². The van der Waals surface area contributed by atoms with Crippen molar-refractivity contribution in [3.05, 3.63) is 29.3 Å². The van der Waals surface area contributed by atoms with Crippen LogP contribution in [0.1, 0.15) is 19.0 Å². The molecule has 6 heteroatoms. The Hall–Kier alpha value is -1.63. The van der Waals surface area contributed by atoms with Crippen molar-refractivity contribution in [3.63, 3.8) is 0 Å². The van der Waals surface area contributed by atoms with E-state index in [9.17, 15) is 0 Å². The maximum absolute atomic E-state index is 8.89. The van der Waals surface area contributed by atoms with Gasteiger partial charge in [0.05, 0.1) is 5.69 Å². The number of hydrogen-bond acceptors (Lipinski definition) is 6. The third kappa shape index (κ3) is 3.34. The van der Waals surface area contributed by atoms with Gasteiger partial charge in [0.2, 0.25) is 6.79 Å². The molecule has 5 nitrogen and oxygen atoms in total. The summed E-state index contributed by atoms with van der Waals surface area (Å²) >= 11 is 1.62. The molecule has 0 saturated heterocycles. The van der Waals surface area contributed by atoms with Gasteiger partial charge >= 0.3 is 0 Å². The number of hydrogen-bond donors (Lipinski definition) is 2. The molecule has 0 saturated carbocycles. The van der Waals surface area contributed by atoms with Gasteiger partial charge in [0, 0.05) is 30.1 Å². The molecule has 2 heterocycles. The van der Waals surface area contributed by atoms with Crippen molar-refractivity contribution in [1.29, 1.82) is 0 Å². The summed E-state index contributed by atoms with van der Waals surface area (Å²) in [5, 5.41) is 15.3. The van der Waals surface area contributed by atoms with Crippen molar-refractivity contribution in [3.8, 4) is 22.1 Å². The summed E-state index contributed by atoms with van der Waals surface area (Å²) in [6, 6.07) is 6.16. The number of aromatic nitrogens is 1. The van der Waals surface area contributed by atoms with E-state index in [4.69, 9.17) is 14.6 Å². The van der Waals surface area contributed by atoms with Crippen molar-refractivity contribution in [2.45, 2.75) is 25.9 Å². The monoisotopic (exact) mass is 306 g/mol. The third-order valence-electron chi connectivity index (χ3n) is 3.37. The van der Waals surface area contributed by atoms with Crippen LogP contribution in [0, 0.1) is 0 Å². The lowest BCUT2D eigenvalue weighted by molar-refractivity contribution is 0.174. The zero-order chi connectivity index (χ0) is 14.7. The number of nitrogens with one attached hydrogen (secondary N) is 1. The minimum absolute atomic E-state index is 0.202. The van der Waals surface area contributed by atoms with Crippen molar-refractivity contribution in [2.24, 2.45) is 0 Å². The van der Waals surface area contributed by atoms with Gasteiger partial charge in [-0.25, -0.2) is 4.98 Å². The number of fused-ring (bicyclic) bond motifs is 1. The van der Waals surface area contributed by atoms with Crippen LogP contribution in [-0.2, 0) is 6.54 Å². The Morgan fingerprint density at radius 1 is 1.38 bits per heavy atom. The summed E-state index contributed by atoms with van der Waals surface area (Å²) in [6.07, 6.45) is 0.749. The van der Waals surface area contributed by atoms with Crippen LogP contribution < -0.4 is 14.8 Å². The first kappa shape index (κ1) is 14.3. The number of benzene rings is 1. The molecule has 0 radical (unpaired) electrons. The van der Waals surface area contributed by atoms with E-state index in [1.807, 2.05) is 18.2 Å². The molecule has 0 bridgehead atoms. The van der Waals surface area contributed by atoms with E-state index >= 15 is 0 Å². The molecule has 0 amide bonds. The highest BCUT2D eigenvalue weighted by molar-refractivity contribution is 7.13. The number of ether oxygens (including phenoxy) is 2. The minimum atomic E-state index is 0.202. The first-order valence-corrected chi connectivity index (χ1v) is 7.83. The fourth-order valence-electron chi connectivity index (χ4n) is 2.12. The number of rotatable bonds is 6. The Morgan fingerprint density at radius 3 is 3.10 bits per heavy atom. The molecule has 2 aromatic rings. The first-order valence-electron chi connectivity index (χ1n) is 6.95.